The van der Waals surface area contributed by atoms with Crippen LogP contribution < -0.4 is 0 Å². The van der Waals surface area contributed by atoms with Crippen molar-refractivity contribution >= 4 is 0 Å². The number of hydrogen-bond acceptors (Lipinski definition) is 4. The number of piperazine rings is 1. The summed E-state index contributed by atoms with van der Waals surface area (Å²) in [5, 5.41) is 9.95. The predicted octanol–water partition coefficient (Wildman–Crippen LogP) is 2.27. The Kier molecular flexibility index (Phi) is 6.23. The van der Waals surface area contributed by atoms with Gasteiger partial charge in [-0.15, -0.1) is 0 Å². The molecule has 1 atom stereocenters. The van der Waals surface area contributed by atoms with Crippen molar-refractivity contribution in [3.8, 4) is 0 Å². The van der Waals surface area contributed by atoms with E-state index in [1.165, 1.54) is 45.3 Å². The first-order valence-electron chi connectivity index (χ1n) is 10.3. The average molecular weight is 338 g/mol. The van der Waals surface area contributed by atoms with E-state index in [0.29, 0.717) is 24.7 Å². The van der Waals surface area contributed by atoms with E-state index in [-0.39, 0.29) is 0 Å². The van der Waals surface area contributed by atoms with Gasteiger partial charge in [0, 0.05) is 56.9 Å². The molecule has 140 valence electrons. The minimum Gasteiger partial charge on any atom is -0.395 e. The molecule has 0 aromatic rings. The van der Waals surface area contributed by atoms with Gasteiger partial charge < -0.3 is 5.11 Å². The second-order valence-electron chi connectivity index (χ2n) is 9.08. The van der Waals surface area contributed by atoms with Crippen LogP contribution in [-0.2, 0) is 0 Å². The molecule has 4 nitrogen and oxygen atoms in total. The number of likely N-dealkylation sites (tertiary alicyclic amines) is 1. The Labute approximate surface area is 149 Å². The largest absolute Gasteiger partial charge is 0.395 e. The maximum atomic E-state index is 9.95. The highest BCUT2D eigenvalue weighted by Gasteiger charge is 2.40. The molecule has 0 spiro atoms. The molecule has 0 unspecified atom stereocenters. The van der Waals surface area contributed by atoms with Gasteiger partial charge in [0.1, 0.15) is 0 Å². The zero-order chi connectivity index (χ0) is 17.3. The van der Waals surface area contributed by atoms with Crippen LogP contribution in [0.1, 0.15) is 53.4 Å². The molecule has 1 aliphatic carbocycles. The van der Waals surface area contributed by atoms with E-state index in [4.69, 9.17) is 0 Å². The Balaban J connectivity index is 1.49. The Morgan fingerprint density at radius 2 is 1.54 bits per heavy atom. The fourth-order valence-corrected chi connectivity index (χ4v) is 5.12. The van der Waals surface area contributed by atoms with Crippen molar-refractivity contribution in [3.63, 3.8) is 0 Å². The lowest BCUT2D eigenvalue weighted by atomic mass is 9.79. The standard InChI is InChI=1S/C20H39N3O/c1-15(2)17-5-7-18(8-6-17)21-9-10-23(20(13-21)14-24)19-11-22(12-19)16(3)4/h15-20,24H,5-14H2,1-4H3/t17?,18?,20-/m0/s1. The summed E-state index contributed by atoms with van der Waals surface area (Å²) in [5.41, 5.74) is 0. The van der Waals surface area contributed by atoms with E-state index in [9.17, 15) is 5.11 Å². The number of aliphatic hydroxyl groups is 1. The van der Waals surface area contributed by atoms with Crippen LogP contribution in [0.2, 0.25) is 0 Å². The molecule has 0 amide bonds. The lowest BCUT2D eigenvalue weighted by Crippen LogP contribution is -2.68. The van der Waals surface area contributed by atoms with Crippen molar-refractivity contribution in [3.05, 3.63) is 0 Å². The molecule has 24 heavy (non-hydrogen) atoms. The minimum atomic E-state index is 0.315. The summed E-state index contributed by atoms with van der Waals surface area (Å²) in [6.45, 7) is 15.4. The van der Waals surface area contributed by atoms with Crippen molar-refractivity contribution in [2.24, 2.45) is 11.8 Å². The Hall–Kier alpha value is -0.160. The third-order valence-corrected chi connectivity index (χ3v) is 7.06. The van der Waals surface area contributed by atoms with Crippen LogP contribution in [0.25, 0.3) is 0 Å². The maximum Gasteiger partial charge on any atom is 0.0599 e. The van der Waals surface area contributed by atoms with Crippen molar-refractivity contribution < 1.29 is 5.11 Å². The van der Waals surface area contributed by atoms with E-state index in [2.05, 4.69) is 42.4 Å². The number of nitrogens with zero attached hydrogens (tertiary/aromatic N) is 3. The predicted molar refractivity (Wildman–Crippen MR) is 100 cm³/mol. The number of rotatable bonds is 5. The van der Waals surface area contributed by atoms with Gasteiger partial charge in [-0.3, -0.25) is 14.7 Å². The first kappa shape index (κ1) is 18.6. The second-order valence-corrected chi connectivity index (χ2v) is 9.08. The molecule has 4 heteroatoms. The van der Waals surface area contributed by atoms with Gasteiger partial charge in [0.2, 0.25) is 0 Å². The lowest BCUT2D eigenvalue weighted by molar-refractivity contribution is -0.0634. The summed E-state index contributed by atoms with van der Waals surface area (Å²) in [6.07, 6.45) is 5.54. The molecule has 1 N–H and O–H groups in total. The molecule has 0 bridgehead atoms. The summed E-state index contributed by atoms with van der Waals surface area (Å²) in [4.78, 5) is 7.85. The fraction of sp³-hybridized carbons (Fsp3) is 1.00. The van der Waals surface area contributed by atoms with Crippen LogP contribution in [0, 0.1) is 11.8 Å². The molecule has 1 saturated carbocycles. The van der Waals surface area contributed by atoms with Gasteiger partial charge in [-0.25, -0.2) is 0 Å². The molecular formula is C20H39N3O. The van der Waals surface area contributed by atoms with Gasteiger partial charge in [0.05, 0.1) is 6.61 Å². The number of aliphatic hydroxyl groups excluding tert-OH is 1. The molecular weight excluding hydrogens is 298 g/mol. The summed E-state index contributed by atoms with van der Waals surface area (Å²) in [6, 6.07) is 2.44. The highest BCUT2D eigenvalue weighted by Crippen LogP contribution is 2.33. The average Bonchev–Trinajstić information content (AvgIpc) is 2.53. The maximum absolute atomic E-state index is 9.95. The normalized spacial score (nSPS) is 34.9. The zero-order valence-corrected chi connectivity index (χ0v) is 16.3. The third-order valence-electron chi connectivity index (χ3n) is 7.06. The van der Waals surface area contributed by atoms with Crippen LogP contribution in [0.3, 0.4) is 0 Å². The van der Waals surface area contributed by atoms with Crippen LogP contribution >= 0.6 is 0 Å². The van der Waals surface area contributed by atoms with Crippen LogP contribution in [-0.4, -0.2) is 83.3 Å². The Morgan fingerprint density at radius 1 is 0.875 bits per heavy atom. The molecule has 0 radical (unpaired) electrons. The number of hydrogen-bond donors (Lipinski definition) is 1. The van der Waals surface area contributed by atoms with Gasteiger partial charge >= 0.3 is 0 Å². The summed E-state index contributed by atoms with van der Waals surface area (Å²) in [7, 11) is 0. The van der Waals surface area contributed by atoms with Gasteiger partial charge in [-0.2, -0.15) is 0 Å². The topological polar surface area (TPSA) is 30.0 Å². The van der Waals surface area contributed by atoms with E-state index in [1.54, 1.807) is 0 Å². The van der Waals surface area contributed by atoms with Crippen LogP contribution in [0.5, 0.6) is 0 Å². The first-order valence-corrected chi connectivity index (χ1v) is 10.3. The first-order chi connectivity index (χ1) is 11.5. The second kappa shape index (κ2) is 8.03. The SMILES string of the molecule is CC(C)C1CCC(N2CCN(C3CN(C(C)C)C3)[C@H](CO)C2)CC1. The molecule has 2 saturated heterocycles. The minimum absolute atomic E-state index is 0.315. The van der Waals surface area contributed by atoms with Gasteiger partial charge in [0.25, 0.3) is 0 Å². The van der Waals surface area contributed by atoms with Gasteiger partial charge in [0.15, 0.2) is 0 Å². The van der Waals surface area contributed by atoms with E-state index in [1.807, 2.05) is 0 Å². The molecule has 3 fully saturated rings. The zero-order valence-electron chi connectivity index (χ0n) is 16.3. The van der Waals surface area contributed by atoms with E-state index >= 15 is 0 Å². The van der Waals surface area contributed by atoms with E-state index < -0.39 is 0 Å². The Morgan fingerprint density at radius 3 is 2.08 bits per heavy atom. The highest BCUT2D eigenvalue weighted by molar-refractivity contribution is 4.96. The van der Waals surface area contributed by atoms with Crippen LogP contribution in [0.4, 0.5) is 0 Å². The molecule has 2 aliphatic heterocycles. The molecule has 0 aromatic carbocycles. The van der Waals surface area contributed by atoms with Crippen molar-refractivity contribution in [2.45, 2.75) is 77.5 Å². The smallest absolute Gasteiger partial charge is 0.0599 e. The quantitative estimate of drug-likeness (QED) is 0.833. The highest BCUT2D eigenvalue weighted by atomic mass is 16.3. The lowest BCUT2D eigenvalue weighted by Gasteiger charge is -2.53. The van der Waals surface area contributed by atoms with Crippen molar-refractivity contribution in [1.82, 2.24) is 14.7 Å². The van der Waals surface area contributed by atoms with Crippen LogP contribution in [0.15, 0.2) is 0 Å². The molecule has 0 aromatic heterocycles. The summed E-state index contributed by atoms with van der Waals surface area (Å²) >= 11 is 0. The summed E-state index contributed by atoms with van der Waals surface area (Å²) in [5.74, 6) is 1.78. The van der Waals surface area contributed by atoms with Gasteiger partial charge in [-0.1, -0.05) is 13.8 Å². The molecule has 3 aliphatic rings. The van der Waals surface area contributed by atoms with Gasteiger partial charge in [-0.05, 0) is 51.4 Å². The monoisotopic (exact) mass is 337 g/mol. The third kappa shape index (κ3) is 3.98. The van der Waals surface area contributed by atoms with Crippen molar-refractivity contribution in [2.75, 3.05) is 39.3 Å². The van der Waals surface area contributed by atoms with E-state index in [0.717, 1.165) is 31.0 Å². The molecule has 2 heterocycles. The summed E-state index contributed by atoms with van der Waals surface area (Å²) < 4.78 is 0. The fourth-order valence-electron chi connectivity index (χ4n) is 5.12. The molecule has 3 rings (SSSR count). The van der Waals surface area contributed by atoms with Crippen molar-refractivity contribution in [1.29, 1.82) is 0 Å². The Bertz CT molecular complexity index is 386.